The number of methoxy groups -OCH3 is 1. The smallest absolute Gasteiger partial charge is 0.239 e. The van der Waals surface area contributed by atoms with Crippen molar-refractivity contribution in [3.63, 3.8) is 0 Å². The summed E-state index contributed by atoms with van der Waals surface area (Å²) in [5.41, 5.74) is 1.24. The zero-order valence-corrected chi connectivity index (χ0v) is 16.1. The Morgan fingerprint density at radius 1 is 1.12 bits per heavy atom. The topological polar surface area (TPSA) is 67.4 Å². The molecule has 5 nitrogen and oxygen atoms in total. The van der Waals surface area contributed by atoms with E-state index < -0.39 is 11.3 Å². The van der Waals surface area contributed by atoms with Crippen LogP contribution in [0.5, 0.6) is 5.75 Å². The Morgan fingerprint density at radius 3 is 2.46 bits per heavy atom. The highest BCUT2D eigenvalue weighted by Gasteiger charge is 2.36. The Labute approximate surface area is 158 Å². The SMILES string of the molecule is COc1ccc(Cl)cc1NC(=O)C(C)(C)C(=O)NCc1ccccc1C. The summed E-state index contributed by atoms with van der Waals surface area (Å²) in [6, 6.07) is 12.7. The van der Waals surface area contributed by atoms with E-state index >= 15 is 0 Å². The first-order chi connectivity index (χ1) is 12.3. The minimum atomic E-state index is -1.27. The number of aryl methyl sites for hydroxylation is 1. The van der Waals surface area contributed by atoms with Gasteiger partial charge in [-0.05, 0) is 50.1 Å². The van der Waals surface area contributed by atoms with Gasteiger partial charge in [-0.25, -0.2) is 0 Å². The minimum Gasteiger partial charge on any atom is -0.495 e. The number of hydrogen-bond acceptors (Lipinski definition) is 3. The second kappa shape index (κ2) is 8.23. The second-order valence-electron chi connectivity index (χ2n) is 6.53. The Kier molecular flexibility index (Phi) is 6.27. The molecule has 0 fully saturated rings. The first-order valence-electron chi connectivity index (χ1n) is 8.23. The van der Waals surface area contributed by atoms with Gasteiger partial charge in [0.15, 0.2) is 0 Å². The Bertz CT molecular complexity index is 818. The monoisotopic (exact) mass is 374 g/mol. The van der Waals surface area contributed by atoms with E-state index in [2.05, 4.69) is 10.6 Å². The molecule has 0 atom stereocenters. The standard InChI is InChI=1S/C20H23ClN2O3/c1-13-7-5-6-8-14(13)12-22-18(24)20(2,3)19(25)23-16-11-15(21)9-10-17(16)26-4/h5-11H,12H2,1-4H3,(H,22,24)(H,23,25). The van der Waals surface area contributed by atoms with Gasteiger partial charge in [-0.15, -0.1) is 0 Å². The molecule has 0 saturated heterocycles. The molecule has 0 spiro atoms. The number of halogens is 1. The van der Waals surface area contributed by atoms with Crippen molar-refractivity contribution in [2.75, 3.05) is 12.4 Å². The summed E-state index contributed by atoms with van der Waals surface area (Å²) in [4.78, 5) is 25.2. The highest BCUT2D eigenvalue weighted by molar-refractivity contribution is 6.31. The molecule has 2 aromatic carbocycles. The van der Waals surface area contributed by atoms with Crippen LogP contribution < -0.4 is 15.4 Å². The molecule has 0 aromatic heterocycles. The molecular weight excluding hydrogens is 352 g/mol. The molecule has 2 aromatic rings. The van der Waals surface area contributed by atoms with Crippen molar-refractivity contribution < 1.29 is 14.3 Å². The maximum Gasteiger partial charge on any atom is 0.239 e. The van der Waals surface area contributed by atoms with E-state index in [4.69, 9.17) is 16.3 Å². The molecule has 0 unspecified atom stereocenters. The number of amides is 2. The van der Waals surface area contributed by atoms with Gasteiger partial charge in [-0.2, -0.15) is 0 Å². The van der Waals surface area contributed by atoms with Crippen molar-refractivity contribution in [3.8, 4) is 5.75 Å². The molecule has 0 aliphatic carbocycles. The third kappa shape index (κ3) is 4.55. The molecule has 0 aliphatic heterocycles. The lowest BCUT2D eigenvalue weighted by Gasteiger charge is -2.23. The highest BCUT2D eigenvalue weighted by Crippen LogP contribution is 2.29. The van der Waals surface area contributed by atoms with Gasteiger partial charge in [0.25, 0.3) is 0 Å². The lowest BCUT2D eigenvalue weighted by Crippen LogP contribution is -2.45. The van der Waals surface area contributed by atoms with Crippen LogP contribution in [0, 0.1) is 12.3 Å². The number of benzene rings is 2. The molecular formula is C20H23ClN2O3. The zero-order valence-electron chi connectivity index (χ0n) is 15.4. The van der Waals surface area contributed by atoms with E-state index in [1.54, 1.807) is 32.0 Å². The number of carbonyl (C=O) groups excluding carboxylic acids is 2. The van der Waals surface area contributed by atoms with Crippen LogP contribution in [0.1, 0.15) is 25.0 Å². The summed E-state index contributed by atoms with van der Waals surface area (Å²) >= 11 is 5.98. The van der Waals surface area contributed by atoms with Crippen molar-refractivity contribution in [2.24, 2.45) is 5.41 Å². The number of rotatable bonds is 6. The number of anilines is 1. The Balaban J connectivity index is 2.08. The second-order valence-corrected chi connectivity index (χ2v) is 6.97. The fraction of sp³-hybridized carbons (Fsp3) is 0.300. The summed E-state index contributed by atoms with van der Waals surface area (Å²) in [7, 11) is 1.50. The normalized spacial score (nSPS) is 11.0. The summed E-state index contributed by atoms with van der Waals surface area (Å²) in [6.07, 6.45) is 0. The van der Waals surface area contributed by atoms with E-state index in [1.807, 2.05) is 31.2 Å². The van der Waals surface area contributed by atoms with Crippen LogP contribution in [0.2, 0.25) is 5.02 Å². The molecule has 0 aliphatic rings. The zero-order chi connectivity index (χ0) is 19.3. The molecule has 138 valence electrons. The van der Waals surface area contributed by atoms with Crippen molar-refractivity contribution in [3.05, 3.63) is 58.6 Å². The summed E-state index contributed by atoms with van der Waals surface area (Å²) in [5, 5.41) is 6.01. The van der Waals surface area contributed by atoms with Crippen LogP contribution in [0.15, 0.2) is 42.5 Å². The van der Waals surface area contributed by atoms with Crippen LogP contribution in [0.25, 0.3) is 0 Å². The average Bonchev–Trinajstić information content (AvgIpc) is 2.60. The van der Waals surface area contributed by atoms with Crippen LogP contribution in [0.4, 0.5) is 5.69 Å². The van der Waals surface area contributed by atoms with Gasteiger partial charge in [-0.1, -0.05) is 35.9 Å². The molecule has 0 radical (unpaired) electrons. The summed E-state index contributed by atoms with van der Waals surface area (Å²) < 4.78 is 5.22. The average molecular weight is 375 g/mol. The molecule has 0 heterocycles. The Morgan fingerprint density at radius 2 is 1.81 bits per heavy atom. The van der Waals surface area contributed by atoms with Crippen LogP contribution in [-0.2, 0) is 16.1 Å². The number of carbonyl (C=O) groups is 2. The van der Waals surface area contributed by atoms with Crippen molar-refractivity contribution >= 4 is 29.1 Å². The first-order valence-corrected chi connectivity index (χ1v) is 8.61. The minimum absolute atomic E-state index is 0.362. The fourth-order valence-electron chi connectivity index (χ4n) is 2.36. The maximum absolute atomic E-state index is 12.7. The number of ether oxygens (including phenoxy) is 1. The number of hydrogen-bond donors (Lipinski definition) is 2. The lowest BCUT2D eigenvalue weighted by atomic mass is 9.90. The van der Waals surface area contributed by atoms with Crippen LogP contribution in [-0.4, -0.2) is 18.9 Å². The van der Waals surface area contributed by atoms with Gasteiger partial charge in [0.2, 0.25) is 11.8 Å². The van der Waals surface area contributed by atoms with Crippen molar-refractivity contribution in [1.29, 1.82) is 0 Å². The molecule has 0 saturated carbocycles. The third-order valence-electron chi connectivity index (χ3n) is 4.25. The van der Waals surface area contributed by atoms with Gasteiger partial charge in [-0.3, -0.25) is 9.59 Å². The van der Waals surface area contributed by atoms with Gasteiger partial charge in [0.05, 0.1) is 12.8 Å². The van der Waals surface area contributed by atoms with Gasteiger partial charge >= 0.3 is 0 Å². The molecule has 26 heavy (non-hydrogen) atoms. The van der Waals surface area contributed by atoms with E-state index in [0.29, 0.717) is 23.0 Å². The largest absolute Gasteiger partial charge is 0.495 e. The summed E-state index contributed by atoms with van der Waals surface area (Å²) in [6.45, 7) is 5.49. The van der Waals surface area contributed by atoms with E-state index in [-0.39, 0.29) is 5.91 Å². The Hall–Kier alpha value is -2.53. The van der Waals surface area contributed by atoms with Gasteiger partial charge in [0.1, 0.15) is 11.2 Å². The summed E-state index contributed by atoms with van der Waals surface area (Å²) in [5.74, 6) is -0.335. The third-order valence-corrected chi connectivity index (χ3v) is 4.48. The maximum atomic E-state index is 12.7. The molecule has 2 rings (SSSR count). The van der Waals surface area contributed by atoms with Crippen LogP contribution in [0.3, 0.4) is 0 Å². The molecule has 0 bridgehead atoms. The molecule has 2 amide bonds. The predicted octanol–water partition coefficient (Wildman–Crippen LogP) is 3.94. The highest BCUT2D eigenvalue weighted by atomic mass is 35.5. The quantitative estimate of drug-likeness (QED) is 0.752. The van der Waals surface area contributed by atoms with E-state index in [1.165, 1.54) is 7.11 Å². The van der Waals surface area contributed by atoms with Crippen LogP contribution >= 0.6 is 11.6 Å². The van der Waals surface area contributed by atoms with E-state index in [0.717, 1.165) is 11.1 Å². The van der Waals surface area contributed by atoms with Crippen molar-refractivity contribution in [2.45, 2.75) is 27.3 Å². The lowest BCUT2D eigenvalue weighted by molar-refractivity contribution is -0.138. The number of nitrogens with one attached hydrogen (secondary N) is 2. The van der Waals surface area contributed by atoms with Gasteiger partial charge in [0, 0.05) is 11.6 Å². The van der Waals surface area contributed by atoms with Gasteiger partial charge < -0.3 is 15.4 Å². The molecule has 6 heteroatoms. The van der Waals surface area contributed by atoms with E-state index in [9.17, 15) is 9.59 Å². The predicted molar refractivity (Wildman–Crippen MR) is 103 cm³/mol. The fourth-order valence-corrected chi connectivity index (χ4v) is 2.54. The first kappa shape index (κ1) is 19.8. The van der Waals surface area contributed by atoms with Crippen molar-refractivity contribution in [1.82, 2.24) is 5.32 Å². The molecule has 2 N–H and O–H groups in total.